The summed E-state index contributed by atoms with van der Waals surface area (Å²) >= 11 is 0. The minimum Gasteiger partial charge on any atom is -0.309 e. The molecule has 1 atom stereocenters. The number of para-hydroxylation sites is 1. The second-order valence-electron chi connectivity index (χ2n) is 16.2. The molecule has 0 aliphatic heterocycles. The number of allylic oxidation sites excluding steroid dienone is 1. The summed E-state index contributed by atoms with van der Waals surface area (Å²) in [6.45, 7) is 2.33. The third kappa shape index (κ3) is 5.58. The summed E-state index contributed by atoms with van der Waals surface area (Å²) in [6.07, 6.45) is 3.26. The quantitative estimate of drug-likeness (QED) is 0.175. The molecule has 12 rings (SSSR count). The fourth-order valence-electron chi connectivity index (χ4n) is 9.69. The Morgan fingerprint density at radius 2 is 1.12 bits per heavy atom. The first-order valence-corrected chi connectivity index (χ1v) is 20.9. The minimum absolute atomic E-state index is 0.367. The van der Waals surface area contributed by atoms with Crippen molar-refractivity contribution < 1.29 is 0 Å². The van der Waals surface area contributed by atoms with Crippen molar-refractivity contribution in [1.82, 2.24) is 14.5 Å². The summed E-state index contributed by atoms with van der Waals surface area (Å²) in [6, 6.07) is 70.3. The maximum atomic E-state index is 5.58. The van der Waals surface area contributed by atoms with Gasteiger partial charge in [-0.2, -0.15) is 0 Å². The molecule has 3 nitrogen and oxygen atoms in total. The smallest absolute Gasteiger partial charge is 0.161 e. The Balaban J connectivity index is 1.05. The Morgan fingerprint density at radius 3 is 1.95 bits per heavy atom. The lowest BCUT2D eigenvalue weighted by molar-refractivity contribution is 0.781. The van der Waals surface area contributed by atoms with E-state index in [1.807, 2.05) is 0 Å². The van der Waals surface area contributed by atoms with Gasteiger partial charge < -0.3 is 4.57 Å². The average molecular weight is 766 g/mol. The van der Waals surface area contributed by atoms with Crippen molar-refractivity contribution in [3.8, 4) is 39.3 Å². The van der Waals surface area contributed by atoms with Crippen molar-refractivity contribution in [2.45, 2.75) is 19.3 Å². The van der Waals surface area contributed by atoms with Crippen LogP contribution in [0.25, 0.3) is 105 Å². The second kappa shape index (κ2) is 13.8. The lowest BCUT2D eigenvalue weighted by atomic mass is 9.82. The second-order valence-corrected chi connectivity index (χ2v) is 16.2. The highest BCUT2D eigenvalue weighted by atomic mass is 15.0. The van der Waals surface area contributed by atoms with E-state index in [2.05, 4.69) is 212 Å². The van der Waals surface area contributed by atoms with Crippen molar-refractivity contribution in [3.63, 3.8) is 0 Å². The summed E-state index contributed by atoms with van der Waals surface area (Å²) in [5, 5.41) is 8.33. The van der Waals surface area contributed by atoms with E-state index in [1.165, 1.54) is 66.0 Å². The van der Waals surface area contributed by atoms with Crippen LogP contribution in [0.4, 0.5) is 0 Å². The Kier molecular flexibility index (Phi) is 7.89. The molecule has 282 valence electrons. The van der Waals surface area contributed by atoms with E-state index >= 15 is 0 Å². The molecule has 0 fully saturated rings. The number of rotatable bonds is 5. The van der Waals surface area contributed by atoms with E-state index in [0.29, 0.717) is 5.92 Å². The topological polar surface area (TPSA) is 30.7 Å². The zero-order valence-electron chi connectivity index (χ0n) is 33.2. The van der Waals surface area contributed by atoms with Gasteiger partial charge in [0.15, 0.2) is 5.82 Å². The Hall–Kier alpha value is -7.62. The fraction of sp³-hybridized carbons (Fsp3) is 0.0526. The summed E-state index contributed by atoms with van der Waals surface area (Å²) in [4.78, 5) is 11.0. The van der Waals surface area contributed by atoms with Gasteiger partial charge in [-0.1, -0.05) is 159 Å². The van der Waals surface area contributed by atoms with Crippen LogP contribution in [0.2, 0.25) is 0 Å². The minimum atomic E-state index is 0.367. The molecule has 0 saturated carbocycles. The van der Waals surface area contributed by atoms with Gasteiger partial charge in [0.25, 0.3) is 0 Å². The lowest BCUT2D eigenvalue weighted by Crippen LogP contribution is -2.07. The van der Waals surface area contributed by atoms with Gasteiger partial charge in [-0.3, -0.25) is 0 Å². The predicted molar refractivity (Wildman–Crippen MR) is 253 cm³/mol. The Labute approximate surface area is 348 Å². The molecular weight excluding hydrogens is 727 g/mol. The van der Waals surface area contributed by atoms with E-state index in [1.54, 1.807) is 0 Å². The van der Waals surface area contributed by atoms with E-state index in [9.17, 15) is 0 Å². The summed E-state index contributed by atoms with van der Waals surface area (Å²) in [7, 11) is 0. The predicted octanol–water partition coefficient (Wildman–Crippen LogP) is 15.1. The first-order chi connectivity index (χ1) is 29.6. The average Bonchev–Trinajstić information content (AvgIpc) is 3.63. The van der Waals surface area contributed by atoms with Crippen LogP contribution in [0.3, 0.4) is 0 Å². The number of hydrogen-bond acceptors (Lipinski definition) is 2. The van der Waals surface area contributed by atoms with Gasteiger partial charge in [0.2, 0.25) is 0 Å². The molecule has 0 N–H and O–H groups in total. The van der Waals surface area contributed by atoms with Crippen LogP contribution in [-0.4, -0.2) is 14.5 Å². The molecule has 1 aliphatic carbocycles. The molecule has 2 aromatic heterocycles. The number of aromatic nitrogens is 3. The van der Waals surface area contributed by atoms with Crippen LogP contribution in [-0.2, 0) is 0 Å². The van der Waals surface area contributed by atoms with E-state index < -0.39 is 0 Å². The third-order valence-corrected chi connectivity index (χ3v) is 12.6. The van der Waals surface area contributed by atoms with E-state index in [0.717, 1.165) is 56.4 Å². The van der Waals surface area contributed by atoms with Crippen molar-refractivity contribution in [3.05, 3.63) is 211 Å². The van der Waals surface area contributed by atoms with Crippen LogP contribution in [0, 0.1) is 0 Å². The van der Waals surface area contributed by atoms with Gasteiger partial charge in [0, 0.05) is 27.1 Å². The van der Waals surface area contributed by atoms with Gasteiger partial charge in [0.1, 0.15) is 0 Å². The molecule has 0 amide bonds. The summed E-state index contributed by atoms with van der Waals surface area (Å²) < 4.78 is 2.44. The largest absolute Gasteiger partial charge is 0.309 e. The maximum absolute atomic E-state index is 5.58. The van der Waals surface area contributed by atoms with Gasteiger partial charge in [-0.25, -0.2) is 9.97 Å². The van der Waals surface area contributed by atoms with Crippen molar-refractivity contribution in [2.75, 3.05) is 0 Å². The zero-order valence-corrected chi connectivity index (χ0v) is 33.2. The molecule has 0 spiro atoms. The van der Waals surface area contributed by atoms with Crippen LogP contribution < -0.4 is 0 Å². The highest BCUT2D eigenvalue weighted by Gasteiger charge is 2.23. The van der Waals surface area contributed by atoms with Crippen molar-refractivity contribution >= 4 is 65.9 Å². The number of nitrogens with zero attached hydrogens (tertiary/aromatic N) is 3. The number of fused-ring (bicyclic) bond motifs is 7. The van der Waals surface area contributed by atoms with Crippen LogP contribution in [0.1, 0.15) is 36.1 Å². The molecule has 9 aromatic carbocycles. The van der Waals surface area contributed by atoms with E-state index in [-0.39, 0.29) is 0 Å². The molecule has 0 bridgehead atoms. The van der Waals surface area contributed by atoms with Gasteiger partial charge in [-0.05, 0) is 116 Å². The molecule has 0 saturated heterocycles. The summed E-state index contributed by atoms with van der Waals surface area (Å²) in [5.41, 5.74) is 15.1. The molecular formula is C57H39N3. The van der Waals surface area contributed by atoms with Crippen LogP contribution in [0.15, 0.2) is 194 Å². The van der Waals surface area contributed by atoms with Crippen molar-refractivity contribution in [1.29, 1.82) is 0 Å². The first-order valence-electron chi connectivity index (χ1n) is 20.9. The number of benzene rings is 9. The van der Waals surface area contributed by atoms with Gasteiger partial charge >= 0.3 is 0 Å². The lowest BCUT2D eigenvalue weighted by Gasteiger charge is -2.23. The van der Waals surface area contributed by atoms with Gasteiger partial charge in [-0.15, -0.1) is 0 Å². The number of hydrogen-bond donors (Lipinski definition) is 0. The monoisotopic (exact) mass is 765 g/mol. The van der Waals surface area contributed by atoms with Crippen molar-refractivity contribution in [2.24, 2.45) is 0 Å². The molecule has 60 heavy (non-hydrogen) atoms. The molecule has 2 heterocycles. The highest BCUT2D eigenvalue weighted by molar-refractivity contribution is 6.15. The Bertz CT molecular complexity index is 3520. The SMILES string of the molecule is CC1CC(c2nc(-c3ccc(-n4c5ccccc5c5cc6ccccc6cc54)c4ccccc34)nc3ccc(-c4ccc(-c5ccccc5)cc4)cc23)=Cc2ccccc21. The molecule has 1 unspecified atom stereocenters. The summed E-state index contributed by atoms with van der Waals surface area (Å²) in [5.74, 6) is 1.10. The first kappa shape index (κ1) is 34.4. The molecule has 3 heteroatoms. The molecule has 1 aliphatic rings. The third-order valence-electron chi connectivity index (χ3n) is 12.6. The normalized spacial score (nSPS) is 13.9. The van der Waals surface area contributed by atoms with Crippen LogP contribution >= 0.6 is 0 Å². The van der Waals surface area contributed by atoms with E-state index in [4.69, 9.17) is 9.97 Å². The molecule has 11 aromatic rings. The Morgan fingerprint density at radius 1 is 0.467 bits per heavy atom. The molecule has 0 radical (unpaired) electrons. The maximum Gasteiger partial charge on any atom is 0.161 e. The standard InChI is InChI=1S/C57H39N3/c1-36-31-44(32-43-17-7-8-18-45(36)43)56-51-34-42(39-25-23-38(24-26-39)37-13-3-2-4-14-37)27-29-52(51)58-57(59-56)49-28-30-54(47-20-10-9-19-46(47)49)60-53-22-12-11-21-48(53)50-33-40-15-5-6-16-41(40)35-55(50)60/h2-30,32-36H,31H2,1H3. The van der Waals surface area contributed by atoms with Gasteiger partial charge in [0.05, 0.1) is 27.9 Å². The zero-order chi connectivity index (χ0) is 39.7. The fourth-order valence-corrected chi connectivity index (χ4v) is 9.69. The highest BCUT2D eigenvalue weighted by Crippen LogP contribution is 2.43. The van der Waals surface area contributed by atoms with Crippen LogP contribution in [0.5, 0.6) is 0 Å².